The van der Waals surface area contributed by atoms with Crippen molar-refractivity contribution in [2.24, 2.45) is 0 Å². The first kappa shape index (κ1) is 66.7. The lowest BCUT2D eigenvalue weighted by molar-refractivity contribution is -0.161. The number of esters is 3. The van der Waals surface area contributed by atoms with Crippen molar-refractivity contribution in [1.29, 1.82) is 0 Å². The molecule has 3 unspecified atom stereocenters. The van der Waals surface area contributed by atoms with Crippen LogP contribution in [0.1, 0.15) is 226 Å². The van der Waals surface area contributed by atoms with Crippen LogP contribution in [0.2, 0.25) is 0 Å². The van der Waals surface area contributed by atoms with Gasteiger partial charge in [-0.05, 0) is 89.9 Å². The molecule has 0 aromatic rings. The lowest BCUT2D eigenvalue weighted by atomic mass is 10.0. The molecule has 2 N–H and O–H groups in total. The fourth-order valence-electron chi connectivity index (χ4n) is 7.18. The van der Waals surface area contributed by atoms with Gasteiger partial charge in [-0.15, -0.1) is 0 Å². The standard InChI is InChI=1S/C58H99O11P/c1-4-7-10-13-16-19-22-25-27-30-32-35-38-41-44-47-56(60)65-51-55(69-58(62)49-46-43-40-37-34-31-28-26-23-20-17-14-11-8-5-2)53-67-70(63,64)66-52-54(50-59)68-57(61)48-45-42-39-36-33-29-24-21-18-15-12-9-6-3/h7-8,10-11,16-17,19-20,25-28,32,35,54-55,59H,4-6,9,12-15,18,21-24,29-31,33-34,36-53H2,1-3H3,(H,63,64)/b10-7-,11-8-,19-16-,20-17-,27-25-,28-26-,35-32-. The van der Waals surface area contributed by atoms with E-state index in [0.29, 0.717) is 19.3 Å². The van der Waals surface area contributed by atoms with Crippen molar-refractivity contribution < 1.29 is 52.2 Å². The van der Waals surface area contributed by atoms with Crippen LogP contribution in [-0.2, 0) is 42.2 Å². The molecule has 70 heavy (non-hydrogen) atoms. The summed E-state index contributed by atoms with van der Waals surface area (Å²) in [6, 6.07) is 0. The van der Waals surface area contributed by atoms with Gasteiger partial charge in [-0.3, -0.25) is 23.4 Å². The zero-order chi connectivity index (χ0) is 51.3. The summed E-state index contributed by atoms with van der Waals surface area (Å²) in [5.41, 5.74) is 0. The van der Waals surface area contributed by atoms with E-state index >= 15 is 0 Å². The number of phosphoric acid groups is 1. The molecule has 0 saturated heterocycles. The van der Waals surface area contributed by atoms with Crippen LogP contribution in [0.5, 0.6) is 0 Å². The molecule has 402 valence electrons. The molecule has 0 heterocycles. The van der Waals surface area contributed by atoms with Crippen molar-refractivity contribution in [3.63, 3.8) is 0 Å². The summed E-state index contributed by atoms with van der Waals surface area (Å²) in [6.45, 7) is 4.34. The van der Waals surface area contributed by atoms with Crippen LogP contribution in [0.3, 0.4) is 0 Å². The zero-order valence-electron chi connectivity index (χ0n) is 44.2. The molecule has 12 heteroatoms. The number of rotatable bonds is 50. The normalized spacial score (nSPS) is 14.1. The third kappa shape index (κ3) is 49.6. The summed E-state index contributed by atoms with van der Waals surface area (Å²) in [6.07, 6.45) is 58.3. The van der Waals surface area contributed by atoms with Crippen molar-refractivity contribution in [2.75, 3.05) is 26.4 Å². The number of hydrogen-bond acceptors (Lipinski definition) is 10. The number of hydrogen-bond donors (Lipinski definition) is 2. The third-order valence-electron chi connectivity index (χ3n) is 11.3. The molecule has 0 aliphatic heterocycles. The van der Waals surface area contributed by atoms with Gasteiger partial charge in [-0.2, -0.15) is 0 Å². The number of allylic oxidation sites excluding steroid dienone is 14. The molecule has 11 nitrogen and oxygen atoms in total. The van der Waals surface area contributed by atoms with Gasteiger partial charge in [-0.1, -0.05) is 202 Å². The molecule has 0 saturated carbocycles. The molecule has 0 aliphatic carbocycles. The van der Waals surface area contributed by atoms with E-state index in [1.807, 2.05) is 0 Å². The van der Waals surface area contributed by atoms with Gasteiger partial charge in [0.25, 0.3) is 0 Å². The van der Waals surface area contributed by atoms with Gasteiger partial charge in [0, 0.05) is 19.3 Å². The molecule has 0 aliphatic rings. The zero-order valence-corrected chi connectivity index (χ0v) is 45.1. The topological polar surface area (TPSA) is 155 Å². The molecule has 0 aromatic heterocycles. The van der Waals surface area contributed by atoms with E-state index in [9.17, 15) is 28.9 Å². The second kappa shape index (κ2) is 52.0. The summed E-state index contributed by atoms with van der Waals surface area (Å²) in [7, 11) is -4.76. The largest absolute Gasteiger partial charge is 0.472 e. The fourth-order valence-corrected chi connectivity index (χ4v) is 7.97. The van der Waals surface area contributed by atoms with Gasteiger partial charge in [0.05, 0.1) is 19.8 Å². The number of carbonyl (C=O) groups excluding carboxylic acids is 3. The van der Waals surface area contributed by atoms with Crippen LogP contribution >= 0.6 is 7.82 Å². The number of aliphatic hydroxyl groups excluding tert-OH is 1. The van der Waals surface area contributed by atoms with Crippen LogP contribution in [0, 0.1) is 0 Å². The second-order valence-electron chi connectivity index (χ2n) is 18.0. The highest BCUT2D eigenvalue weighted by molar-refractivity contribution is 7.47. The highest BCUT2D eigenvalue weighted by Gasteiger charge is 2.28. The molecule has 0 fully saturated rings. The van der Waals surface area contributed by atoms with Crippen LogP contribution in [0.25, 0.3) is 0 Å². The second-order valence-corrected chi connectivity index (χ2v) is 19.4. The van der Waals surface area contributed by atoms with E-state index in [1.165, 1.54) is 57.8 Å². The molecule has 3 atom stereocenters. The Morgan fingerprint density at radius 1 is 0.414 bits per heavy atom. The van der Waals surface area contributed by atoms with E-state index in [4.69, 9.17) is 23.3 Å². The lowest BCUT2D eigenvalue weighted by Gasteiger charge is -2.21. The van der Waals surface area contributed by atoms with Gasteiger partial charge in [0.15, 0.2) is 6.10 Å². The molecule has 0 amide bonds. The van der Waals surface area contributed by atoms with Crippen molar-refractivity contribution in [3.8, 4) is 0 Å². The van der Waals surface area contributed by atoms with E-state index in [1.54, 1.807) is 0 Å². The number of unbranched alkanes of at least 4 members (excludes halogenated alkanes) is 19. The van der Waals surface area contributed by atoms with E-state index in [0.717, 1.165) is 109 Å². The van der Waals surface area contributed by atoms with Crippen molar-refractivity contribution in [1.82, 2.24) is 0 Å². The van der Waals surface area contributed by atoms with Gasteiger partial charge < -0.3 is 24.2 Å². The molecule has 0 bridgehead atoms. The summed E-state index contributed by atoms with van der Waals surface area (Å²) in [5, 5.41) is 9.79. The van der Waals surface area contributed by atoms with E-state index in [-0.39, 0.29) is 25.9 Å². The maximum atomic E-state index is 12.9. The summed E-state index contributed by atoms with van der Waals surface area (Å²) >= 11 is 0. The predicted octanol–water partition coefficient (Wildman–Crippen LogP) is 15.9. The minimum atomic E-state index is -4.76. The Morgan fingerprint density at radius 3 is 1.17 bits per heavy atom. The number of aliphatic hydroxyl groups is 1. The first-order valence-electron chi connectivity index (χ1n) is 27.5. The Kier molecular flexibility index (Phi) is 49.5. The number of phosphoric ester groups is 1. The summed E-state index contributed by atoms with van der Waals surface area (Å²) < 4.78 is 39.4. The van der Waals surface area contributed by atoms with Crippen molar-refractivity contribution in [2.45, 2.75) is 238 Å². The Balaban J connectivity index is 4.82. The van der Waals surface area contributed by atoms with Crippen LogP contribution in [-0.4, -0.2) is 66.5 Å². The van der Waals surface area contributed by atoms with Crippen molar-refractivity contribution in [3.05, 3.63) is 85.1 Å². The number of carbonyl (C=O) groups is 3. The smallest absolute Gasteiger partial charge is 0.462 e. The Hall–Kier alpha value is -3.34. The minimum absolute atomic E-state index is 0.136. The molecule has 0 aromatic carbocycles. The third-order valence-corrected chi connectivity index (χ3v) is 12.3. The maximum absolute atomic E-state index is 12.9. The van der Waals surface area contributed by atoms with Crippen LogP contribution in [0.4, 0.5) is 0 Å². The average Bonchev–Trinajstić information content (AvgIpc) is 3.35. The molecule has 0 spiro atoms. The predicted molar refractivity (Wildman–Crippen MR) is 288 cm³/mol. The Labute approximate surface area is 426 Å². The first-order chi connectivity index (χ1) is 34.2. The van der Waals surface area contributed by atoms with E-state index < -0.39 is 57.8 Å². The van der Waals surface area contributed by atoms with Gasteiger partial charge >= 0.3 is 25.7 Å². The first-order valence-corrected chi connectivity index (χ1v) is 29.0. The van der Waals surface area contributed by atoms with Gasteiger partial charge in [0.1, 0.15) is 12.7 Å². The van der Waals surface area contributed by atoms with Gasteiger partial charge in [-0.25, -0.2) is 4.57 Å². The summed E-state index contributed by atoms with van der Waals surface area (Å²) in [4.78, 5) is 48.4. The molecule has 0 rings (SSSR count). The van der Waals surface area contributed by atoms with Crippen molar-refractivity contribution >= 4 is 25.7 Å². The van der Waals surface area contributed by atoms with Crippen LogP contribution in [0.15, 0.2) is 85.1 Å². The quantitative estimate of drug-likeness (QED) is 0.0197. The summed E-state index contributed by atoms with van der Waals surface area (Å²) in [5.74, 6) is -1.54. The average molecular weight is 1000 g/mol. The van der Waals surface area contributed by atoms with Gasteiger partial charge in [0.2, 0.25) is 0 Å². The minimum Gasteiger partial charge on any atom is -0.462 e. The molecular formula is C58H99O11P. The lowest BCUT2D eigenvalue weighted by Crippen LogP contribution is -2.30. The Bertz CT molecular complexity index is 1500. The number of ether oxygens (including phenoxy) is 3. The van der Waals surface area contributed by atoms with Crippen LogP contribution < -0.4 is 0 Å². The monoisotopic (exact) mass is 1000 g/mol. The highest BCUT2D eigenvalue weighted by Crippen LogP contribution is 2.43. The highest BCUT2D eigenvalue weighted by atomic mass is 31.2. The maximum Gasteiger partial charge on any atom is 0.472 e. The fraction of sp³-hybridized carbons (Fsp3) is 0.707. The Morgan fingerprint density at radius 2 is 0.743 bits per heavy atom. The molecular weight excluding hydrogens is 904 g/mol. The molecule has 0 radical (unpaired) electrons. The van der Waals surface area contributed by atoms with E-state index in [2.05, 4.69) is 106 Å². The SMILES string of the molecule is CC/C=C\C/C=C\C/C=C\C/C=C\CCCCC(=O)OCC(COP(=O)(O)OCC(CO)OC(=O)CCCCCCCCCCCCCCC)OC(=O)CCCCCCC/C=C\C/C=C\C/C=C\CC.